The van der Waals surface area contributed by atoms with Crippen molar-refractivity contribution in [2.24, 2.45) is 0 Å². The highest BCUT2D eigenvalue weighted by molar-refractivity contribution is 7.80. The Kier molecular flexibility index (Phi) is 7.23. The Bertz CT molecular complexity index is 1430. The molecule has 2 aromatic heterocycles. The Labute approximate surface area is 225 Å². The molecule has 7 nitrogen and oxygen atoms in total. The fourth-order valence-corrected chi connectivity index (χ4v) is 4.89. The number of hydrogen-bond donors (Lipinski definition) is 2. The highest BCUT2D eigenvalue weighted by Gasteiger charge is 2.42. The first-order chi connectivity index (χ1) is 17.9. The van der Waals surface area contributed by atoms with Gasteiger partial charge in [0.1, 0.15) is 24.2 Å². The number of nitrogens with one attached hydrogen (secondary N) is 2. The standard InChI is InChI=1S/C28H25ClN4O3S/c1-17-6-7-18(15-21(17)29)23-12-13-24(36-23)27-26(22-5-3-4-14-30-22)32-28(37)33(27)20-10-8-19(9-11-20)31-25(34)16-35-2/h3-15,26-27H,16H2,1-2H3,(H,31,34)(H,32,37)/t26-,27-/m0/s1. The average molecular weight is 533 g/mol. The molecule has 3 heterocycles. The van der Waals surface area contributed by atoms with E-state index in [9.17, 15) is 4.79 Å². The number of rotatable bonds is 7. The molecule has 2 atom stereocenters. The van der Waals surface area contributed by atoms with Gasteiger partial charge in [0.2, 0.25) is 5.91 Å². The largest absolute Gasteiger partial charge is 0.459 e. The van der Waals surface area contributed by atoms with Gasteiger partial charge in [-0.25, -0.2) is 0 Å². The number of nitrogens with zero attached hydrogens (tertiary/aromatic N) is 2. The van der Waals surface area contributed by atoms with Crippen LogP contribution in [0.4, 0.5) is 11.4 Å². The van der Waals surface area contributed by atoms with E-state index in [-0.39, 0.29) is 24.6 Å². The Morgan fingerprint density at radius 3 is 2.68 bits per heavy atom. The second-order valence-corrected chi connectivity index (χ2v) is 9.48. The quantitative estimate of drug-likeness (QED) is 0.280. The number of amides is 1. The van der Waals surface area contributed by atoms with Gasteiger partial charge in [0.05, 0.1) is 11.7 Å². The van der Waals surface area contributed by atoms with Crippen LogP contribution in [0.15, 0.2) is 83.4 Å². The highest BCUT2D eigenvalue weighted by atomic mass is 35.5. The van der Waals surface area contributed by atoms with Crippen LogP contribution in [-0.2, 0) is 9.53 Å². The number of hydrogen-bond acceptors (Lipinski definition) is 5. The van der Waals surface area contributed by atoms with Crippen molar-refractivity contribution >= 4 is 46.2 Å². The second-order valence-electron chi connectivity index (χ2n) is 8.69. The summed E-state index contributed by atoms with van der Waals surface area (Å²) in [5.41, 5.74) is 4.26. The molecule has 4 aromatic rings. The lowest BCUT2D eigenvalue weighted by Crippen LogP contribution is -2.29. The predicted molar refractivity (Wildman–Crippen MR) is 149 cm³/mol. The van der Waals surface area contributed by atoms with Crippen LogP contribution in [0.5, 0.6) is 0 Å². The van der Waals surface area contributed by atoms with E-state index in [4.69, 9.17) is 33.0 Å². The molecule has 0 bridgehead atoms. The molecule has 0 unspecified atom stereocenters. The smallest absolute Gasteiger partial charge is 0.250 e. The lowest BCUT2D eigenvalue weighted by molar-refractivity contribution is -0.119. The van der Waals surface area contributed by atoms with Gasteiger partial charge >= 0.3 is 0 Å². The van der Waals surface area contributed by atoms with Crippen LogP contribution >= 0.6 is 23.8 Å². The molecular weight excluding hydrogens is 508 g/mol. The zero-order valence-corrected chi connectivity index (χ0v) is 21.8. The number of thiocarbonyl (C=S) groups is 1. The van der Waals surface area contributed by atoms with Crippen LogP contribution < -0.4 is 15.5 Å². The molecule has 1 aliphatic heterocycles. The third kappa shape index (κ3) is 5.22. The van der Waals surface area contributed by atoms with Gasteiger partial charge < -0.3 is 24.7 Å². The van der Waals surface area contributed by atoms with Gasteiger partial charge in [-0.1, -0.05) is 29.8 Å². The fraction of sp³-hybridized carbons (Fsp3) is 0.179. The van der Waals surface area contributed by atoms with E-state index >= 15 is 0 Å². The van der Waals surface area contributed by atoms with Gasteiger partial charge in [-0.3, -0.25) is 9.78 Å². The van der Waals surface area contributed by atoms with Crippen LogP contribution in [0.1, 0.15) is 29.1 Å². The van der Waals surface area contributed by atoms with E-state index in [2.05, 4.69) is 15.6 Å². The maximum absolute atomic E-state index is 11.9. The first kappa shape index (κ1) is 25.0. The maximum Gasteiger partial charge on any atom is 0.250 e. The molecule has 1 amide bonds. The number of pyridine rings is 1. The van der Waals surface area contributed by atoms with Crippen LogP contribution in [0.3, 0.4) is 0 Å². The number of ether oxygens (including phenoxy) is 1. The summed E-state index contributed by atoms with van der Waals surface area (Å²) in [7, 11) is 1.48. The van der Waals surface area contributed by atoms with Crippen molar-refractivity contribution in [3.63, 3.8) is 0 Å². The number of aryl methyl sites for hydroxylation is 1. The van der Waals surface area contributed by atoms with Crippen LogP contribution in [-0.4, -0.2) is 29.7 Å². The summed E-state index contributed by atoms with van der Waals surface area (Å²) < 4.78 is 11.3. The zero-order valence-electron chi connectivity index (χ0n) is 20.3. The average Bonchev–Trinajstić information content (AvgIpc) is 3.51. The zero-order chi connectivity index (χ0) is 25.9. The van der Waals surface area contributed by atoms with Gasteiger partial charge in [0.15, 0.2) is 5.11 Å². The van der Waals surface area contributed by atoms with Crippen molar-refractivity contribution in [3.8, 4) is 11.3 Å². The predicted octanol–water partition coefficient (Wildman–Crippen LogP) is 6.07. The second kappa shape index (κ2) is 10.7. The Morgan fingerprint density at radius 2 is 1.97 bits per heavy atom. The molecule has 2 N–H and O–H groups in total. The number of anilines is 2. The molecule has 1 saturated heterocycles. The molecule has 5 rings (SSSR count). The Morgan fingerprint density at radius 1 is 1.16 bits per heavy atom. The van der Waals surface area contributed by atoms with Crippen LogP contribution in [0.2, 0.25) is 5.02 Å². The number of carbonyl (C=O) groups is 1. The summed E-state index contributed by atoms with van der Waals surface area (Å²) in [5.74, 6) is 1.22. The number of furan rings is 1. The SMILES string of the molecule is COCC(=O)Nc1ccc(N2C(=S)N[C@@H](c3ccccn3)[C@@H]2c2ccc(-c3ccc(C)c(Cl)c3)o2)cc1. The van der Waals surface area contributed by atoms with Gasteiger partial charge in [0, 0.05) is 35.3 Å². The summed E-state index contributed by atoms with van der Waals surface area (Å²) >= 11 is 12.2. The molecule has 188 valence electrons. The number of aromatic nitrogens is 1. The summed E-state index contributed by atoms with van der Waals surface area (Å²) in [6, 6.07) is 22.5. The van der Waals surface area contributed by atoms with Gasteiger partial charge in [-0.15, -0.1) is 0 Å². The fourth-order valence-electron chi connectivity index (χ4n) is 4.37. The third-order valence-electron chi connectivity index (χ3n) is 6.18. The minimum atomic E-state index is -0.300. The topological polar surface area (TPSA) is 79.6 Å². The monoisotopic (exact) mass is 532 g/mol. The first-order valence-corrected chi connectivity index (χ1v) is 12.5. The number of benzene rings is 2. The normalized spacial score (nSPS) is 17.1. The molecule has 37 heavy (non-hydrogen) atoms. The lowest BCUT2D eigenvalue weighted by Gasteiger charge is -2.26. The van der Waals surface area contributed by atoms with E-state index in [1.54, 1.807) is 6.20 Å². The van der Waals surface area contributed by atoms with Gasteiger partial charge in [0.25, 0.3) is 0 Å². The summed E-state index contributed by atoms with van der Waals surface area (Å²) in [6.07, 6.45) is 1.76. The summed E-state index contributed by atoms with van der Waals surface area (Å²) in [6.45, 7) is 1.96. The Hall–Kier alpha value is -3.72. The molecule has 0 saturated carbocycles. The summed E-state index contributed by atoms with van der Waals surface area (Å²) in [5, 5.41) is 7.47. The van der Waals surface area contributed by atoms with Gasteiger partial charge in [-0.05, 0) is 79.3 Å². The summed E-state index contributed by atoms with van der Waals surface area (Å²) in [4.78, 5) is 18.5. The van der Waals surface area contributed by atoms with E-state index in [1.807, 2.05) is 84.6 Å². The number of halogens is 1. The molecule has 1 fully saturated rings. The third-order valence-corrected chi connectivity index (χ3v) is 6.90. The maximum atomic E-state index is 11.9. The van der Waals surface area contributed by atoms with E-state index < -0.39 is 0 Å². The van der Waals surface area contributed by atoms with E-state index in [0.29, 0.717) is 21.6 Å². The van der Waals surface area contributed by atoms with Crippen LogP contribution in [0, 0.1) is 6.92 Å². The number of carbonyl (C=O) groups excluding carboxylic acids is 1. The molecule has 9 heteroatoms. The van der Waals surface area contributed by atoms with E-state index in [1.165, 1.54) is 7.11 Å². The van der Waals surface area contributed by atoms with Crippen molar-refractivity contribution in [3.05, 3.63) is 101 Å². The van der Waals surface area contributed by atoms with Crippen molar-refractivity contribution in [2.75, 3.05) is 23.9 Å². The minimum absolute atomic E-state index is 0.0112. The molecule has 0 radical (unpaired) electrons. The number of methoxy groups -OCH3 is 1. The lowest BCUT2D eigenvalue weighted by atomic mass is 10.0. The molecule has 0 aliphatic carbocycles. The van der Waals surface area contributed by atoms with Crippen molar-refractivity contribution in [1.82, 2.24) is 10.3 Å². The van der Waals surface area contributed by atoms with Crippen molar-refractivity contribution < 1.29 is 13.9 Å². The molecule has 2 aromatic carbocycles. The van der Waals surface area contributed by atoms with Gasteiger partial charge in [-0.2, -0.15) is 0 Å². The van der Waals surface area contributed by atoms with Crippen LogP contribution in [0.25, 0.3) is 11.3 Å². The molecule has 1 aliphatic rings. The first-order valence-electron chi connectivity index (χ1n) is 11.7. The van der Waals surface area contributed by atoms with E-state index in [0.717, 1.165) is 28.3 Å². The Balaban J connectivity index is 1.51. The van der Waals surface area contributed by atoms with Crippen molar-refractivity contribution in [1.29, 1.82) is 0 Å². The minimum Gasteiger partial charge on any atom is -0.459 e. The molecular formula is C28H25ClN4O3S. The van der Waals surface area contributed by atoms with Crippen molar-refractivity contribution in [2.45, 2.75) is 19.0 Å². The highest BCUT2D eigenvalue weighted by Crippen LogP contribution is 2.43. The molecule has 0 spiro atoms.